The summed E-state index contributed by atoms with van der Waals surface area (Å²) in [5, 5.41) is 2.78. The Morgan fingerprint density at radius 1 is 1.13 bits per heavy atom. The second-order valence-electron chi connectivity index (χ2n) is 7.36. The highest BCUT2D eigenvalue weighted by Gasteiger charge is 2.29. The van der Waals surface area contributed by atoms with Crippen LogP contribution in [0.5, 0.6) is 11.5 Å². The molecule has 0 atom stereocenters. The molecule has 0 aromatic heterocycles. The lowest BCUT2D eigenvalue weighted by Crippen LogP contribution is -2.37. The molecule has 1 amide bonds. The van der Waals surface area contributed by atoms with E-state index in [1.54, 1.807) is 24.3 Å². The predicted molar refractivity (Wildman–Crippen MR) is 116 cm³/mol. The van der Waals surface area contributed by atoms with Crippen molar-refractivity contribution in [3.63, 3.8) is 0 Å². The Hall–Kier alpha value is -2.58. The van der Waals surface area contributed by atoms with Gasteiger partial charge < -0.3 is 14.8 Å². The maximum Gasteiger partial charge on any atom is 0.259 e. The summed E-state index contributed by atoms with van der Waals surface area (Å²) in [5.41, 5.74) is 0.738. The minimum atomic E-state index is -3.67. The second-order valence-corrected chi connectivity index (χ2v) is 9.30. The molecule has 0 aliphatic carbocycles. The van der Waals surface area contributed by atoms with Crippen LogP contribution in [-0.4, -0.2) is 45.4 Å². The Morgan fingerprint density at radius 3 is 2.40 bits per heavy atom. The van der Waals surface area contributed by atoms with Gasteiger partial charge in [-0.05, 0) is 68.1 Å². The van der Waals surface area contributed by atoms with Crippen molar-refractivity contribution >= 4 is 21.6 Å². The van der Waals surface area contributed by atoms with Crippen molar-refractivity contribution in [3.05, 3.63) is 48.0 Å². The lowest BCUT2D eigenvalue weighted by Gasteiger charge is -2.29. The van der Waals surface area contributed by atoms with Gasteiger partial charge in [0, 0.05) is 18.8 Å². The van der Waals surface area contributed by atoms with Crippen LogP contribution in [-0.2, 0) is 10.0 Å². The van der Waals surface area contributed by atoms with Gasteiger partial charge in [-0.25, -0.2) is 8.42 Å². The van der Waals surface area contributed by atoms with Gasteiger partial charge in [0.2, 0.25) is 10.0 Å². The number of benzene rings is 2. The number of carbonyl (C=O) groups excluding carboxylic acids is 1. The zero-order chi connectivity index (χ0) is 21.7. The number of ether oxygens (including phenoxy) is 2. The van der Waals surface area contributed by atoms with E-state index >= 15 is 0 Å². The van der Waals surface area contributed by atoms with E-state index in [9.17, 15) is 13.2 Å². The van der Waals surface area contributed by atoms with E-state index in [1.165, 1.54) is 29.6 Å². The van der Waals surface area contributed by atoms with Gasteiger partial charge in [-0.2, -0.15) is 4.31 Å². The maximum absolute atomic E-state index is 13.1. The van der Waals surface area contributed by atoms with Gasteiger partial charge >= 0.3 is 0 Å². The lowest BCUT2D eigenvalue weighted by atomic mass is 10.0. The fraction of sp³-hybridized carbons (Fsp3) is 0.409. The molecule has 30 heavy (non-hydrogen) atoms. The predicted octanol–water partition coefficient (Wildman–Crippen LogP) is 3.77. The van der Waals surface area contributed by atoms with Gasteiger partial charge in [0.1, 0.15) is 11.5 Å². The third-order valence-electron chi connectivity index (χ3n) is 5.22. The molecule has 1 saturated heterocycles. The van der Waals surface area contributed by atoms with Gasteiger partial charge in [-0.15, -0.1) is 0 Å². The topological polar surface area (TPSA) is 84.9 Å². The standard InChI is InChI=1S/C22H28N2O5S/c1-4-29-18-7-5-17(6-8-18)23-22(25)20-15-19(9-10-21(20)28-3)30(26,27)24-13-11-16(2)12-14-24/h5-10,15-16H,4,11-14H2,1-3H3,(H,23,25). The smallest absolute Gasteiger partial charge is 0.259 e. The van der Waals surface area contributed by atoms with Crippen LogP contribution in [0.1, 0.15) is 37.0 Å². The molecule has 2 aromatic carbocycles. The Kier molecular flexibility index (Phi) is 6.99. The van der Waals surface area contributed by atoms with Crippen molar-refractivity contribution in [2.24, 2.45) is 5.92 Å². The Morgan fingerprint density at radius 2 is 1.80 bits per heavy atom. The molecule has 1 fully saturated rings. The number of carbonyl (C=O) groups is 1. The molecule has 0 unspecified atom stereocenters. The molecule has 1 heterocycles. The number of hydrogen-bond donors (Lipinski definition) is 1. The number of hydrogen-bond acceptors (Lipinski definition) is 5. The van der Waals surface area contributed by atoms with Gasteiger partial charge in [-0.1, -0.05) is 6.92 Å². The summed E-state index contributed by atoms with van der Waals surface area (Å²) in [7, 11) is -2.22. The molecule has 1 aliphatic heterocycles. The van der Waals surface area contributed by atoms with Crippen LogP contribution in [0.15, 0.2) is 47.4 Å². The van der Waals surface area contributed by atoms with E-state index in [1.807, 2.05) is 6.92 Å². The summed E-state index contributed by atoms with van der Waals surface area (Å²) in [4.78, 5) is 13.0. The number of methoxy groups -OCH3 is 1. The zero-order valence-electron chi connectivity index (χ0n) is 17.6. The molecule has 7 nitrogen and oxygen atoms in total. The van der Waals surface area contributed by atoms with Crippen molar-refractivity contribution in [1.29, 1.82) is 0 Å². The Balaban J connectivity index is 1.84. The highest BCUT2D eigenvalue weighted by atomic mass is 32.2. The van der Waals surface area contributed by atoms with Crippen LogP contribution in [0.25, 0.3) is 0 Å². The SMILES string of the molecule is CCOc1ccc(NC(=O)c2cc(S(=O)(=O)N3CCC(C)CC3)ccc2OC)cc1. The van der Waals surface area contributed by atoms with Gasteiger partial charge in [-0.3, -0.25) is 4.79 Å². The van der Waals surface area contributed by atoms with Crippen LogP contribution in [0, 0.1) is 5.92 Å². The van der Waals surface area contributed by atoms with Crippen LogP contribution in [0.3, 0.4) is 0 Å². The Bertz CT molecular complexity index is 981. The highest BCUT2D eigenvalue weighted by Crippen LogP contribution is 2.28. The van der Waals surface area contributed by atoms with Crippen LogP contribution < -0.4 is 14.8 Å². The largest absolute Gasteiger partial charge is 0.496 e. The minimum absolute atomic E-state index is 0.0923. The van der Waals surface area contributed by atoms with E-state index in [-0.39, 0.29) is 10.5 Å². The van der Waals surface area contributed by atoms with Gasteiger partial charge in [0.15, 0.2) is 0 Å². The fourth-order valence-electron chi connectivity index (χ4n) is 3.40. The van der Waals surface area contributed by atoms with Gasteiger partial charge in [0.25, 0.3) is 5.91 Å². The molecule has 0 saturated carbocycles. The summed E-state index contributed by atoms with van der Waals surface area (Å²) in [6.45, 7) is 5.56. The molecule has 0 bridgehead atoms. The third-order valence-corrected chi connectivity index (χ3v) is 7.11. The molecule has 8 heteroatoms. The van der Waals surface area contributed by atoms with Crippen LogP contribution >= 0.6 is 0 Å². The molecule has 1 aliphatic rings. The van der Waals surface area contributed by atoms with Crippen molar-refractivity contribution in [2.45, 2.75) is 31.6 Å². The number of piperidine rings is 1. The van der Waals surface area contributed by atoms with Crippen molar-refractivity contribution in [2.75, 3.05) is 32.1 Å². The third kappa shape index (κ3) is 4.94. The number of sulfonamides is 1. The molecule has 1 N–H and O–H groups in total. The summed E-state index contributed by atoms with van der Waals surface area (Å²) < 4.78 is 38.3. The first-order valence-corrected chi connectivity index (χ1v) is 11.5. The van der Waals surface area contributed by atoms with Gasteiger partial charge in [0.05, 0.1) is 24.2 Å². The molecule has 2 aromatic rings. The normalized spacial score (nSPS) is 15.6. The number of rotatable bonds is 7. The lowest BCUT2D eigenvalue weighted by molar-refractivity contribution is 0.102. The molecule has 3 rings (SSSR count). The summed E-state index contributed by atoms with van der Waals surface area (Å²) in [6.07, 6.45) is 1.67. The monoisotopic (exact) mass is 432 g/mol. The quantitative estimate of drug-likeness (QED) is 0.720. The van der Waals surface area contributed by atoms with E-state index in [2.05, 4.69) is 12.2 Å². The van der Waals surface area contributed by atoms with Crippen molar-refractivity contribution in [3.8, 4) is 11.5 Å². The number of amides is 1. The molecular formula is C22H28N2O5S. The van der Waals surface area contributed by atoms with Crippen molar-refractivity contribution in [1.82, 2.24) is 4.31 Å². The average molecular weight is 433 g/mol. The summed E-state index contributed by atoms with van der Waals surface area (Å²) >= 11 is 0. The minimum Gasteiger partial charge on any atom is -0.496 e. The first kappa shape index (κ1) is 22.1. The molecule has 0 radical (unpaired) electrons. The summed E-state index contributed by atoms with van der Waals surface area (Å²) in [5.74, 6) is 1.09. The summed E-state index contributed by atoms with van der Waals surface area (Å²) in [6, 6.07) is 11.4. The Labute approximate surface area is 178 Å². The average Bonchev–Trinajstić information content (AvgIpc) is 2.75. The first-order chi connectivity index (χ1) is 14.3. The molecular weight excluding hydrogens is 404 g/mol. The van der Waals surface area contributed by atoms with E-state index in [0.29, 0.717) is 42.8 Å². The maximum atomic E-state index is 13.1. The fourth-order valence-corrected chi connectivity index (χ4v) is 4.90. The number of nitrogens with one attached hydrogen (secondary N) is 1. The van der Waals surface area contributed by atoms with Crippen molar-refractivity contribution < 1.29 is 22.7 Å². The number of nitrogens with zero attached hydrogens (tertiary/aromatic N) is 1. The molecule has 0 spiro atoms. The number of anilines is 1. The first-order valence-electron chi connectivity index (χ1n) is 10.1. The zero-order valence-corrected chi connectivity index (χ0v) is 18.4. The highest BCUT2D eigenvalue weighted by molar-refractivity contribution is 7.89. The van der Waals surface area contributed by atoms with E-state index in [0.717, 1.165) is 12.8 Å². The van der Waals surface area contributed by atoms with E-state index in [4.69, 9.17) is 9.47 Å². The molecule has 162 valence electrons. The van der Waals surface area contributed by atoms with Crippen LogP contribution in [0.4, 0.5) is 5.69 Å². The van der Waals surface area contributed by atoms with E-state index < -0.39 is 15.9 Å². The second kappa shape index (κ2) is 9.49. The van der Waals surface area contributed by atoms with Crippen LogP contribution in [0.2, 0.25) is 0 Å².